The first kappa shape index (κ1) is 14.6. The van der Waals surface area contributed by atoms with Gasteiger partial charge in [0.25, 0.3) is 5.91 Å². The van der Waals surface area contributed by atoms with Crippen LogP contribution in [0.3, 0.4) is 0 Å². The number of benzene rings is 1. The Labute approximate surface area is 120 Å². The van der Waals surface area contributed by atoms with Gasteiger partial charge in [0.05, 0.1) is 29.6 Å². The first-order valence-corrected chi connectivity index (χ1v) is 6.18. The third-order valence-electron chi connectivity index (χ3n) is 3.06. The molecule has 2 rings (SSSR count). The molecule has 1 heterocycles. The number of nitrogens with zero attached hydrogens (tertiary/aromatic N) is 1. The number of aromatic nitrogens is 2. The molecule has 0 aliphatic rings. The van der Waals surface area contributed by atoms with E-state index < -0.39 is 11.9 Å². The van der Waals surface area contributed by atoms with Crippen LogP contribution in [0.1, 0.15) is 32.1 Å². The summed E-state index contributed by atoms with van der Waals surface area (Å²) in [5, 5.41) is 18.4. The third kappa shape index (κ3) is 2.86. The van der Waals surface area contributed by atoms with Crippen LogP contribution in [-0.4, -0.2) is 34.3 Å². The van der Waals surface area contributed by atoms with E-state index in [0.29, 0.717) is 22.7 Å². The molecule has 110 valence electrons. The summed E-state index contributed by atoms with van der Waals surface area (Å²) >= 11 is 0. The van der Waals surface area contributed by atoms with Crippen LogP contribution in [0.15, 0.2) is 18.2 Å². The lowest BCUT2D eigenvalue weighted by atomic mass is 10.1. The number of methoxy groups -OCH3 is 1. The van der Waals surface area contributed by atoms with Crippen LogP contribution in [0.5, 0.6) is 5.75 Å². The molecule has 0 aliphatic heterocycles. The number of carbonyl (C=O) groups excluding carboxylic acids is 1. The normalized spacial score (nSPS) is 10.2. The largest absolute Gasteiger partial charge is 0.497 e. The second kappa shape index (κ2) is 5.66. The van der Waals surface area contributed by atoms with E-state index in [-0.39, 0.29) is 11.3 Å². The minimum absolute atomic E-state index is 0.0112. The summed E-state index contributed by atoms with van der Waals surface area (Å²) in [5.41, 5.74) is 1.72. The highest BCUT2D eigenvalue weighted by molar-refractivity contribution is 6.09. The van der Waals surface area contributed by atoms with Crippen LogP contribution >= 0.6 is 0 Å². The molecular weight excluding hydrogens is 274 g/mol. The molecule has 1 amide bonds. The van der Waals surface area contributed by atoms with Gasteiger partial charge in [0, 0.05) is 11.8 Å². The Balaban J connectivity index is 2.38. The minimum Gasteiger partial charge on any atom is -0.497 e. The number of anilines is 1. The number of carbonyl (C=O) groups is 2. The summed E-state index contributed by atoms with van der Waals surface area (Å²) < 4.78 is 5.05. The van der Waals surface area contributed by atoms with Gasteiger partial charge in [-0.25, -0.2) is 4.79 Å². The highest BCUT2D eigenvalue weighted by Gasteiger charge is 2.19. The summed E-state index contributed by atoms with van der Waals surface area (Å²) in [6, 6.07) is 4.37. The van der Waals surface area contributed by atoms with Gasteiger partial charge in [-0.05, 0) is 26.0 Å². The quantitative estimate of drug-likeness (QED) is 0.798. The number of carboxylic acid groups (broad SMARTS) is 1. The van der Waals surface area contributed by atoms with Crippen molar-refractivity contribution in [2.24, 2.45) is 0 Å². The number of carboxylic acids is 1. The van der Waals surface area contributed by atoms with E-state index in [4.69, 9.17) is 4.74 Å². The Morgan fingerprint density at radius 1 is 1.33 bits per heavy atom. The highest BCUT2D eigenvalue weighted by atomic mass is 16.5. The van der Waals surface area contributed by atoms with Crippen molar-refractivity contribution in [2.75, 3.05) is 12.4 Å². The predicted molar refractivity (Wildman–Crippen MR) is 76.0 cm³/mol. The van der Waals surface area contributed by atoms with E-state index in [1.54, 1.807) is 13.8 Å². The van der Waals surface area contributed by atoms with Gasteiger partial charge >= 0.3 is 5.97 Å². The Morgan fingerprint density at radius 3 is 2.57 bits per heavy atom. The van der Waals surface area contributed by atoms with Crippen molar-refractivity contribution in [2.45, 2.75) is 13.8 Å². The highest BCUT2D eigenvalue weighted by Crippen LogP contribution is 2.24. The Hall–Kier alpha value is -2.83. The molecule has 0 atom stereocenters. The van der Waals surface area contributed by atoms with Gasteiger partial charge in [-0.15, -0.1) is 0 Å². The fourth-order valence-electron chi connectivity index (χ4n) is 2.01. The van der Waals surface area contributed by atoms with Crippen molar-refractivity contribution in [3.8, 4) is 5.75 Å². The van der Waals surface area contributed by atoms with Gasteiger partial charge < -0.3 is 15.2 Å². The number of H-pyrrole nitrogens is 1. The number of aromatic amines is 1. The number of hydrogen-bond acceptors (Lipinski definition) is 4. The zero-order chi connectivity index (χ0) is 15.6. The third-order valence-corrected chi connectivity index (χ3v) is 3.06. The molecule has 0 spiro atoms. The van der Waals surface area contributed by atoms with E-state index in [9.17, 15) is 14.7 Å². The molecule has 7 heteroatoms. The number of aryl methyl sites for hydroxylation is 2. The lowest BCUT2D eigenvalue weighted by molar-refractivity contribution is 0.0698. The summed E-state index contributed by atoms with van der Waals surface area (Å²) in [4.78, 5) is 23.5. The van der Waals surface area contributed by atoms with Gasteiger partial charge in [-0.2, -0.15) is 5.10 Å². The molecule has 0 aliphatic carbocycles. The smallest absolute Gasteiger partial charge is 0.337 e. The molecule has 1 aromatic carbocycles. The molecule has 3 N–H and O–H groups in total. The zero-order valence-corrected chi connectivity index (χ0v) is 11.9. The van der Waals surface area contributed by atoms with E-state index in [2.05, 4.69) is 15.5 Å². The lowest BCUT2D eigenvalue weighted by Gasteiger charge is -2.10. The fraction of sp³-hybridized carbons (Fsp3) is 0.214. The lowest BCUT2D eigenvalue weighted by Crippen LogP contribution is -2.16. The molecule has 0 bridgehead atoms. The number of amides is 1. The average molecular weight is 289 g/mol. The number of rotatable bonds is 4. The summed E-state index contributed by atoms with van der Waals surface area (Å²) in [6.07, 6.45) is 0. The number of nitrogens with one attached hydrogen (secondary N) is 2. The van der Waals surface area contributed by atoms with Crippen LogP contribution in [-0.2, 0) is 0 Å². The average Bonchev–Trinajstić information content (AvgIpc) is 2.77. The summed E-state index contributed by atoms with van der Waals surface area (Å²) in [7, 11) is 1.46. The van der Waals surface area contributed by atoms with Crippen LogP contribution in [0.4, 0.5) is 5.69 Å². The van der Waals surface area contributed by atoms with Crippen molar-refractivity contribution in [1.82, 2.24) is 10.2 Å². The Bertz CT molecular complexity index is 687. The van der Waals surface area contributed by atoms with Crippen LogP contribution < -0.4 is 10.1 Å². The van der Waals surface area contributed by atoms with E-state index in [1.165, 1.54) is 25.3 Å². The van der Waals surface area contributed by atoms with Crippen LogP contribution in [0.2, 0.25) is 0 Å². The molecule has 7 nitrogen and oxygen atoms in total. The maximum absolute atomic E-state index is 12.3. The van der Waals surface area contributed by atoms with E-state index in [0.717, 1.165) is 0 Å². The molecule has 0 saturated heterocycles. The molecule has 21 heavy (non-hydrogen) atoms. The zero-order valence-electron chi connectivity index (χ0n) is 11.9. The van der Waals surface area contributed by atoms with Crippen molar-refractivity contribution in [3.63, 3.8) is 0 Å². The first-order valence-electron chi connectivity index (χ1n) is 6.18. The Kier molecular flexibility index (Phi) is 3.93. The molecular formula is C14H15N3O4. The van der Waals surface area contributed by atoms with Crippen LogP contribution in [0.25, 0.3) is 0 Å². The number of aromatic carboxylic acids is 1. The van der Waals surface area contributed by atoms with E-state index in [1.807, 2.05) is 0 Å². The topological polar surface area (TPSA) is 104 Å². The molecule has 0 fully saturated rings. The molecule has 0 radical (unpaired) electrons. The molecule has 0 unspecified atom stereocenters. The summed E-state index contributed by atoms with van der Waals surface area (Å²) in [5.74, 6) is -1.10. The standard InChI is InChI=1S/C14H15N3O4/c1-7-12(8(2)17-16-7)13(18)15-11-6-9(21-3)4-5-10(11)14(19)20/h4-6H,1-3H3,(H,15,18)(H,16,17)(H,19,20). The summed E-state index contributed by atoms with van der Waals surface area (Å²) in [6.45, 7) is 3.42. The minimum atomic E-state index is -1.13. The van der Waals surface area contributed by atoms with Gasteiger partial charge in [0.1, 0.15) is 5.75 Å². The number of ether oxygens (including phenoxy) is 1. The second-order valence-corrected chi connectivity index (χ2v) is 4.48. The molecule has 1 aromatic heterocycles. The van der Waals surface area contributed by atoms with Gasteiger partial charge in [-0.3, -0.25) is 9.89 Å². The molecule has 0 saturated carbocycles. The molecule has 2 aromatic rings. The fourth-order valence-corrected chi connectivity index (χ4v) is 2.01. The van der Waals surface area contributed by atoms with Gasteiger partial charge in [0.15, 0.2) is 0 Å². The van der Waals surface area contributed by atoms with Crippen molar-refractivity contribution in [1.29, 1.82) is 0 Å². The SMILES string of the molecule is COc1ccc(C(=O)O)c(NC(=O)c2c(C)n[nH]c2C)c1. The predicted octanol–water partition coefficient (Wildman–Crippen LogP) is 1.99. The monoisotopic (exact) mass is 289 g/mol. The van der Waals surface area contributed by atoms with Crippen molar-refractivity contribution >= 4 is 17.6 Å². The first-order chi connectivity index (χ1) is 9.93. The van der Waals surface area contributed by atoms with Gasteiger partial charge in [0.2, 0.25) is 0 Å². The number of hydrogen-bond donors (Lipinski definition) is 3. The van der Waals surface area contributed by atoms with Crippen molar-refractivity contribution in [3.05, 3.63) is 40.7 Å². The van der Waals surface area contributed by atoms with Gasteiger partial charge in [-0.1, -0.05) is 0 Å². The Morgan fingerprint density at radius 2 is 2.05 bits per heavy atom. The van der Waals surface area contributed by atoms with Crippen LogP contribution in [0, 0.1) is 13.8 Å². The van der Waals surface area contributed by atoms with Crippen molar-refractivity contribution < 1.29 is 19.4 Å². The maximum atomic E-state index is 12.3. The van der Waals surface area contributed by atoms with E-state index >= 15 is 0 Å². The second-order valence-electron chi connectivity index (χ2n) is 4.48. The maximum Gasteiger partial charge on any atom is 0.337 e.